The summed E-state index contributed by atoms with van der Waals surface area (Å²) in [7, 11) is 0. The Labute approximate surface area is 281 Å². The number of nitrogens with one attached hydrogen (secondary N) is 2. The highest BCUT2D eigenvalue weighted by Gasteiger charge is 2.47. The molecule has 4 aliphatic rings. The Morgan fingerprint density at radius 3 is 2.46 bits per heavy atom. The fraction of sp³-hybridized carbons (Fsp3) is 0.541. The maximum Gasteiger partial charge on any atom is 0.287 e. The summed E-state index contributed by atoms with van der Waals surface area (Å²) in [6, 6.07) is 12.4. The highest BCUT2D eigenvalue weighted by Crippen LogP contribution is 2.34. The minimum atomic E-state index is -1.10. The minimum absolute atomic E-state index is 0.0554. The van der Waals surface area contributed by atoms with Gasteiger partial charge in [0, 0.05) is 19.4 Å². The molecule has 0 spiro atoms. The van der Waals surface area contributed by atoms with Crippen molar-refractivity contribution >= 4 is 29.4 Å². The van der Waals surface area contributed by atoms with Gasteiger partial charge in [0.25, 0.3) is 5.91 Å². The van der Waals surface area contributed by atoms with Crippen LogP contribution in [0.5, 0.6) is 5.75 Å². The van der Waals surface area contributed by atoms with Crippen molar-refractivity contribution in [1.82, 2.24) is 15.5 Å². The quantitative estimate of drug-likeness (QED) is 0.386. The van der Waals surface area contributed by atoms with Gasteiger partial charge in [-0.3, -0.25) is 24.0 Å². The Kier molecular flexibility index (Phi) is 9.87. The molecule has 2 aliphatic heterocycles. The van der Waals surface area contributed by atoms with E-state index >= 15 is 0 Å². The van der Waals surface area contributed by atoms with E-state index < -0.39 is 47.4 Å². The first-order valence-electron chi connectivity index (χ1n) is 17.2. The molecule has 48 heavy (non-hydrogen) atoms. The molecule has 4 N–H and O–H groups in total. The molecule has 0 aromatic heterocycles. The number of primary amides is 1. The van der Waals surface area contributed by atoms with Crippen molar-refractivity contribution in [2.75, 3.05) is 13.2 Å². The van der Waals surface area contributed by atoms with Gasteiger partial charge >= 0.3 is 0 Å². The zero-order valence-electron chi connectivity index (χ0n) is 27.7. The number of rotatable bonds is 7. The van der Waals surface area contributed by atoms with E-state index in [-0.39, 0.29) is 43.0 Å². The van der Waals surface area contributed by atoms with Gasteiger partial charge in [-0.2, -0.15) is 0 Å². The third kappa shape index (κ3) is 7.72. The number of Topliss-reactive ketones (excluding diaryl/α,β-unsaturated/α-hetero) is 1. The summed E-state index contributed by atoms with van der Waals surface area (Å²) in [5, 5.41) is 5.84. The van der Waals surface area contributed by atoms with Crippen LogP contribution in [0.1, 0.15) is 69.1 Å². The predicted octanol–water partition coefficient (Wildman–Crippen LogP) is 2.41. The lowest BCUT2D eigenvalue weighted by atomic mass is 9.80. The first kappa shape index (κ1) is 33.6. The molecule has 1 saturated carbocycles. The summed E-state index contributed by atoms with van der Waals surface area (Å²) in [5.41, 5.74) is 7.74. The van der Waals surface area contributed by atoms with Crippen molar-refractivity contribution in [2.24, 2.45) is 17.6 Å². The molecule has 4 bridgehead atoms. The first-order valence-corrected chi connectivity index (χ1v) is 17.2. The summed E-state index contributed by atoms with van der Waals surface area (Å²) in [5.74, 6) is -2.53. The maximum atomic E-state index is 14.7. The molecule has 2 aromatic carbocycles. The van der Waals surface area contributed by atoms with E-state index in [9.17, 15) is 24.0 Å². The second kappa shape index (κ2) is 14.1. The van der Waals surface area contributed by atoms with E-state index in [1.54, 1.807) is 0 Å². The zero-order chi connectivity index (χ0) is 34.0. The van der Waals surface area contributed by atoms with Gasteiger partial charge in [0.2, 0.25) is 23.5 Å². The molecule has 11 heteroatoms. The van der Waals surface area contributed by atoms with Crippen LogP contribution in [0.15, 0.2) is 48.5 Å². The number of hydrogen-bond donors (Lipinski definition) is 3. The van der Waals surface area contributed by atoms with E-state index in [0.29, 0.717) is 38.0 Å². The number of nitrogens with two attached hydrogens (primary N) is 1. The van der Waals surface area contributed by atoms with Crippen molar-refractivity contribution in [2.45, 2.75) is 101 Å². The number of ketones is 1. The van der Waals surface area contributed by atoms with Crippen molar-refractivity contribution in [3.63, 3.8) is 0 Å². The number of hydrogen-bond acceptors (Lipinski definition) is 7. The number of benzene rings is 2. The van der Waals surface area contributed by atoms with Crippen molar-refractivity contribution in [3.8, 4) is 5.75 Å². The third-order valence-corrected chi connectivity index (χ3v) is 10.4. The molecule has 2 aromatic rings. The average Bonchev–Trinajstić information content (AvgIpc) is 3.64. The highest BCUT2D eigenvalue weighted by atomic mass is 16.5. The monoisotopic (exact) mass is 658 g/mol. The fourth-order valence-electron chi connectivity index (χ4n) is 7.58. The van der Waals surface area contributed by atoms with Gasteiger partial charge < -0.3 is 30.7 Å². The smallest absolute Gasteiger partial charge is 0.287 e. The number of fused-ring (bicyclic) bond motifs is 5. The predicted molar refractivity (Wildman–Crippen MR) is 177 cm³/mol. The van der Waals surface area contributed by atoms with Gasteiger partial charge in [0.15, 0.2) is 0 Å². The number of amides is 4. The summed E-state index contributed by atoms with van der Waals surface area (Å²) in [4.78, 5) is 68.6. The van der Waals surface area contributed by atoms with Crippen molar-refractivity contribution in [1.29, 1.82) is 0 Å². The van der Waals surface area contributed by atoms with Crippen LogP contribution in [-0.4, -0.2) is 77.3 Å². The number of nitrogens with zero attached hydrogens (tertiary/aromatic N) is 1. The van der Waals surface area contributed by atoms with Crippen molar-refractivity contribution in [3.05, 3.63) is 65.2 Å². The second-order valence-electron chi connectivity index (χ2n) is 14.5. The van der Waals surface area contributed by atoms with Gasteiger partial charge in [0.1, 0.15) is 17.8 Å². The van der Waals surface area contributed by atoms with Gasteiger partial charge in [-0.05, 0) is 73.8 Å². The normalized spacial score (nSPS) is 25.3. The molecule has 2 aliphatic carbocycles. The third-order valence-electron chi connectivity index (χ3n) is 10.4. The van der Waals surface area contributed by atoms with Gasteiger partial charge in [-0.1, -0.05) is 55.7 Å². The van der Waals surface area contributed by atoms with E-state index in [2.05, 4.69) is 10.6 Å². The molecule has 0 radical (unpaired) electrons. The van der Waals surface area contributed by atoms with Crippen molar-refractivity contribution < 1.29 is 33.4 Å². The Bertz CT molecular complexity index is 1550. The van der Waals surface area contributed by atoms with Crippen LogP contribution in [0, 0.1) is 11.8 Å². The van der Waals surface area contributed by atoms with Crippen LogP contribution in [-0.2, 0) is 48.0 Å². The highest BCUT2D eigenvalue weighted by molar-refractivity contribution is 6.37. The van der Waals surface area contributed by atoms with E-state index in [0.717, 1.165) is 36.0 Å². The Hall–Kier alpha value is -4.25. The lowest BCUT2D eigenvalue weighted by Gasteiger charge is -2.33. The molecule has 2 unspecified atom stereocenters. The van der Waals surface area contributed by atoms with Gasteiger partial charge in [0.05, 0.1) is 30.8 Å². The number of ether oxygens (including phenoxy) is 2. The Morgan fingerprint density at radius 1 is 1.06 bits per heavy atom. The lowest BCUT2D eigenvalue weighted by molar-refractivity contribution is -0.144. The van der Waals surface area contributed by atoms with Crippen LogP contribution in [0.2, 0.25) is 0 Å². The average molecular weight is 659 g/mol. The lowest BCUT2D eigenvalue weighted by Crippen LogP contribution is -2.58. The van der Waals surface area contributed by atoms with Crippen LogP contribution >= 0.6 is 0 Å². The fourth-order valence-corrected chi connectivity index (χ4v) is 7.58. The topological polar surface area (TPSA) is 157 Å². The second-order valence-corrected chi connectivity index (χ2v) is 14.5. The molecular weight excluding hydrogens is 612 g/mol. The molecule has 256 valence electrons. The van der Waals surface area contributed by atoms with Crippen LogP contribution in [0.3, 0.4) is 0 Å². The van der Waals surface area contributed by atoms with Crippen LogP contribution < -0.4 is 21.1 Å². The molecule has 4 atom stereocenters. The minimum Gasteiger partial charge on any atom is -0.493 e. The molecule has 6 rings (SSSR count). The van der Waals surface area contributed by atoms with Crippen LogP contribution in [0.25, 0.3) is 0 Å². The first-order chi connectivity index (χ1) is 23.0. The Balaban J connectivity index is 1.31. The van der Waals surface area contributed by atoms with E-state index in [4.69, 9.17) is 15.2 Å². The summed E-state index contributed by atoms with van der Waals surface area (Å²) in [6.45, 7) is 4.40. The molecular formula is C37H46N4O7. The number of carbonyl (C=O) groups excluding carboxylic acids is 5. The molecule has 4 amide bonds. The molecule has 2 fully saturated rings. The SMILES string of the molecule is CC1(C)CCOc2cccc(c2)CC(=O)N[C@@H](C2Cc3ccccc3C2)C(=O)N2C[C@@H](CC2C(=O)NC(CC2CCC2)C(=O)C(N)=O)O1. The van der Waals surface area contributed by atoms with Gasteiger partial charge in [-0.15, -0.1) is 0 Å². The molecule has 2 heterocycles. The van der Waals surface area contributed by atoms with E-state index in [1.165, 1.54) is 4.90 Å². The standard InChI is InChI=1S/C37H46N4O7/c1-37(2)13-14-47-27-12-6-9-23(15-27)17-31(42)40-32(26-18-24-10-3-4-11-25(24)19-26)36(46)41-21-28(48-37)20-30(41)35(45)39-29(33(43)34(38)44)16-22-7-5-8-22/h3-4,6,9-12,15,22,26,28-30,32H,5,7-8,13-14,16-21H2,1-2H3,(H2,38,44)(H,39,45)(H,40,42)/t28-,29?,30?,32+/m1/s1. The summed E-state index contributed by atoms with van der Waals surface area (Å²) >= 11 is 0. The number of carbonyl (C=O) groups is 5. The van der Waals surface area contributed by atoms with E-state index in [1.807, 2.05) is 62.4 Å². The van der Waals surface area contributed by atoms with Crippen LogP contribution in [0.4, 0.5) is 0 Å². The summed E-state index contributed by atoms with van der Waals surface area (Å²) < 4.78 is 12.6. The molecule has 11 nitrogen and oxygen atoms in total. The molecule has 1 saturated heterocycles. The maximum absolute atomic E-state index is 14.7. The summed E-state index contributed by atoms with van der Waals surface area (Å²) in [6.07, 6.45) is 4.67. The zero-order valence-corrected chi connectivity index (χ0v) is 27.7. The van der Waals surface area contributed by atoms with Gasteiger partial charge in [-0.25, -0.2) is 0 Å². The Morgan fingerprint density at radius 2 is 1.79 bits per heavy atom. The largest absolute Gasteiger partial charge is 0.493 e.